The lowest BCUT2D eigenvalue weighted by atomic mass is 9.86. The van der Waals surface area contributed by atoms with E-state index in [1.54, 1.807) is 12.1 Å². The second kappa shape index (κ2) is 7.95. The zero-order valence-electron chi connectivity index (χ0n) is 14.7. The highest BCUT2D eigenvalue weighted by atomic mass is 16.5. The number of aromatic carboxylic acids is 1. The largest absolute Gasteiger partial charge is 0.477 e. The van der Waals surface area contributed by atoms with Crippen LogP contribution in [0.5, 0.6) is 0 Å². The van der Waals surface area contributed by atoms with Crippen molar-refractivity contribution in [3.8, 4) is 0 Å². The molecule has 1 saturated heterocycles. The summed E-state index contributed by atoms with van der Waals surface area (Å²) in [5.74, 6) is -0.602. The van der Waals surface area contributed by atoms with E-state index in [2.05, 4.69) is 11.9 Å². The fraction of sp³-hybridized carbons (Fsp3) is 0.632. The van der Waals surface area contributed by atoms with Crippen molar-refractivity contribution in [1.82, 2.24) is 9.88 Å². The summed E-state index contributed by atoms with van der Waals surface area (Å²) in [4.78, 5) is 30.2. The first kappa shape index (κ1) is 17.9. The van der Waals surface area contributed by atoms with E-state index in [4.69, 9.17) is 9.84 Å². The number of pyridine rings is 1. The standard InChI is InChI=1S/C19H26N2O4/c1-13-7-9-14(10-8-13)21(12-15-4-3-11-25-15)18(22)16-5-2-6-17(20-16)19(23)24/h2,5-6,13-15H,3-4,7-12H2,1H3,(H,23,24). The van der Waals surface area contributed by atoms with Gasteiger partial charge in [-0.2, -0.15) is 0 Å². The van der Waals surface area contributed by atoms with Crippen LogP contribution in [0.25, 0.3) is 0 Å². The van der Waals surface area contributed by atoms with E-state index in [0.29, 0.717) is 12.5 Å². The third-order valence-corrected chi connectivity index (χ3v) is 5.30. The summed E-state index contributed by atoms with van der Waals surface area (Å²) in [6, 6.07) is 4.77. The second-order valence-corrected chi connectivity index (χ2v) is 7.22. The molecule has 1 aliphatic carbocycles. The number of carboxylic acid groups (broad SMARTS) is 1. The van der Waals surface area contributed by atoms with Crippen LogP contribution in [0.2, 0.25) is 0 Å². The number of hydrogen-bond acceptors (Lipinski definition) is 4. The highest BCUT2D eigenvalue weighted by Crippen LogP contribution is 2.29. The van der Waals surface area contributed by atoms with Crippen molar-refractivity contribution >= 4 is 11.9 Å². The van der Waals surface area contributed by atoms with Crippen LogP contribution < -0.4 is 0 Å². The minimum Gasteiger partial charge on any atom is -0.477 e. The van der Waals surface area contributed by atoms with E-state index < -0.39 is 5.97 Å². The van der Waals surface area contributed by atoms with Crippen LogP contribution in [0, 0.1) is 5.92 Å². The van der Waals surface area contributed by atoms with Gasteiger partial charge < -0.3 is 14.7 Å². The number of carbonyl (C=O) groups is 2. The van der Waals surface area contributed by atoms with Crippen molar-refractivity contribution in [3.05, 3.63) is 29.6 Å². The lowest BCUT2D eigenvalue weighted by Gasteiger charge is -2.37. The molecule has 1 amide bonds. The third-order valence-electron chi connectivity index (χ3n) is 5.30. The monoisotopic (exact) mass is 346 g/mol. The highest BCUT2D eigenvalue weighted by Gasteiger charge is 2.32. The van der Waals surface area contributed by atoms with Crippen LogP contribution >= 0.6 is 0 Å². The summed E-state index contributed by atoms with van der Waals surface area (Å²) < 4.78 is 5.73. The SMILES string of the molecule is CC1CCC(N(CC2CCCO2)C(=O)c2cccc(C(=O)O)n2)CC1. The lowest BCUT2D eigenvalue weighted by molar-refractivity contribution is 0.0337. The molecular formula is C19H26N2O4. The number of rotatable bonds is 5. The number of amides is 1. The number of aromatic nitrogens is 1. The predicted octanol–water partition coefficient (Wildman–Crippen LogP) is 2.98. The van der Waals surface area contributed by atoms with E-state index in [0.717, 1.165) is 45.1 Å². The van der Waals surface area contributed by atoms with Crippen molar-refractivity contribution in [2.45, 2.75) is 57.6 Å². The lowest BCUT2D eigenvalue weighted by Crippen LogP contribution is -2.46. The fourth-order valence-corrected chi connectivity index (χ4v) is 3.78. The van der Waals surface area contributed by atoms with Gasteiger partial charge in [0, 0.05) is 19.2 Å². The molecular weight excluding hydrogens is 320 g/mol. The first-order valence-electron chi connectivity index (χ1n) is 9.17. The van der Waals surface area contributed by atoms with E-state index in [9.17, 15) is 9.59 Å². The summed E-state index contributed by atoms with van der Waals surface area (Å²) in [5.41, 5.74) is 0.108. The molecule has 6 nitrogen and oxygen atoms in total. The molecule has 0 radical (unpaired) electrons. The van der Waals surface area contributed by atoms with Crippen LogP contribution in [0.1, 0.15) is 66.4 Å². The van der Waals surface area contributed by atoms with Gasteiger partial charge in [-0.05, 0) is 56.6 Å². The molecule has 1 atom stereocenters. The van der Waals surface area contributed by atoms with Crippen molar-refractivity contribution in [2.24, 2.45) is 5.92 Å². The minimum absolute atomic E-state index is 0.0750. The highest BCUT2D eigenvalue weighted by molar-refractivity contribution is 5.94. The van der Waals surface area contributed by atoms with Crippen molar-refractivity contribution < 1.29 is 19.4 Å². The van der Waals surface area contributed by atoms with Gasteiger partial charge in [-0.1, -0.05) is 13.0 Å². The smallest absolute Gasteiger partial charge is 0.354 e. The Balaban J connectivity index is 1.80. The molecule has 136 valence electrons. The van der Waals surface area contributed by atoms with E-state index >= 15 is 0 Å². The Hall–Kier alpha value is -1.95. The van der Waals surface area contributed by atoms with Crippen LogP contribution in [-0.4, -0.2) is 52.2 Å². The van der Waals surface area contributed by atoms with Gasteiger partial charge in [0.05, 0.1) is 6.10 Å². The average Bonchev–Trinajstić information content (AvgIpc) is 3.13. The van der Waals surface area contributed by atoms with E-state index in [-0.39, 0.29) is 29.4 Å². The molecule has 0 aromatic carbocycles. The van der Waals surface area contributed by atoms with Gasteiger partial charge in [-0.25, -0.2) is 9.78 Å². The Labute approximate surface area is 148 Å². The van der Waals surface area contributed by atoms with Crippen LogP contribution in [0.4, 0.5) is 0 Å². The van der Waals surface area contributed by atoms with Crippen LogP contribution in [0.15, 0.2) is 18.2 Å². The Bertz CT molecular complexity index is 620. The predicted molar refractivity (Wildman–Crippen MR) is 92.6 cm³/mol. The number of hydrogen-bond donors (Lipinski definition) is 1. The summed E-state index contributed by atoms with van der Waals surface area (Å²) in [6.07, 6.45) is 6.27. The van der Waals surface area contributed by atoms with Gasteiger partial charge in [0.1, 0.15) is 11.4 Å². The molecule has 1 aromatic rings. The third kappa shape index (κ3) is 4.37. The molecule has 3 rings (SSSR count). The molecule has 1 aliphatic heterocycles. The second-order valence-electron chi connectivity index (χ2n) is 7.22. The molecule has 25 heavy (non-hydrogen) atoms. The number of carbonyl (C=O) groups excluding carboxylic acids is 1. The molecule has 0 bridgehead atoms. The Morgan fingerprint density at radius 1 is 1.20 bits per heavy atom. The first-order valence-corrected chi connectivity index (χ1v) is 9.17. The quantitative estimate of drug-likeness (QED) is 0.886. The topological polar surface area (TPSA) is 79.7 Å². The van der Waals surface area contributed by atoms with Gasteiger partial charge in [0.2, 0.25) is 0 Å². The summed E-state index contributed by atoms with van der Waals surface area (Å²) in [7, 11) is 0. The van der Waals surface area contributed by atoms with Gasteiger partial charge in [-0.3, -0.25) is 4.79 Å². The molecule has 1 N–H and O–H groups in total. The maximum Gasteiger partial charge on any atom is 0.354 e. The van der Waals surface area contributed by atoms with Crippen molar-refractivity contribution in [2.75, 3.05) is 13.2 Å². The maximum atomic E-state index is 13.1. The number of ether oxygens (including phenoxy) is 1. The number of carboxylic acids is 1. The molecule has 1 unspecified atom stereocenters. The van der Waals surface area contributed by atoms with Crippen LogP contribution in [0.3, 0.4) is 0 Å². The van der Waals surface area contributed by atoms with Gasteiger partial charge >= 0.3 is 5.97 Å². The first-order chi connectivity index (χ1) is 12.0. The summed E-state index contributed by atoms with van der Waals surface area (Å²) >= 11 is 0. The average molecular weight is 346 g/mol. The molecule has 1 aromatic heterocycles. The number of nitrogens with zero attached hydrogens (tertiary/aromatic N) is 2. The summed E-state index contributed by atoms with van der Waals surface area (Å²) in [6.45, 7) is 3.57. The zero-order valence-corrected chi connectivity index (χ0v) is 14.7. The minimum atomic E-state index is -1.12. The molecule has 2 heterocycles. The Morgan fingerprint density at radius 3 is 2.56 bits per heavy atom. The Kier molecular flexibility index (Phi) is 5.68. The van der Waals surface area contributed by atoms with Crippen molar-refractivity contribution in [3.63, 3.8) is 0 Å². The molecule has 2 aliphatic rings. The van der Waals surface area contributed by atoms with Gasteiger partial charge in [0.15, 0.2) is 0 Å². The van der Waals surface area contributed by atoms with Gasteiger partial charge in [0.25, 0.3) is 5.91 Å². The van der Waals surface area contributed by atoms with Crippen molar-refractivity contribution in [1.29, 1.82) is 0 Å². The van der Waals surface area contributed by atoms with E-state index in [1.165, 1.54) is 6.07 Å². The Morgan fingerprint density at radius 2 is 1.92 bits per heavy atom. The molecule has 0 spiro atoms. The summed E-state index contributed by atoms with van der Waals surface area (Å²) in [5, 5.41) is 9.13. The molecule has 6 heteroatoms. The maximum absolute atomic E-state index is 13.1. The van der Waals surface area contributed by atoms with Gasteiger partial charge in [-0.15, -0.1) is 0 Å². The fourth-order valence-electron chi connectivity index (χ4n) is 3.78. The van der Waals surface area contributed by atoms with Crippen LogP contribution in [-0.2, 0) is 4.74 Å². The zero-order chi connectivity index (χ0) is 17.8. The molecule has 2 fully saturated rings. The van der Waals surface area contributed by atoms with E-state index in [1.807, 2.05) is 4.90 Å². The normalized spacial score (nSPS) is 26.4. The molecule has 1 saturated carbocycles.